The van der Waals surface area contributed by atoms with Gasteiger partial charge in [-0.05, 0) is 66.4 Å². The zero-order valence-corrected chi connectivity index (χ0v) is 31.0. The average Bonchev–Trinajstić information content (AvgIpc) is 3.48. The number of hydrogen-bond acceptors (Lipinski definition) is 9. The molecule has 3 aromatic rings. The van der Waals surface area contributed by atoms with E-state index in [-0.39, 0.29) is 47.9 Å². The summed E-state index contributed by atoms with van der Waals surface area (Å²) in [6, 6.07) is 20.8. The lowest BCUT2D eigenvalue weighted by molar-refractivity contribution is -0.384. The number of thioether (sulfide) groups is 1. The Morgan fingerprint density at radius 3 is 2.60 bits per heavy atom. The molecular weight excluding hydrogens is 726 g/mol. The number of nitrogens with one attached hydrogen (secondary N) is 1. The van der Waals surface area contributed by atoms with Gasteiger partial charge in [-0.3, -0.25) is 29.4 Å². The standard InChI is InChI=1S/C37H38ClN5O7S2/c1-3-9-31(45)42-33(25-12-7-8-13-27(25)38)32-26-17-18-40(37(51)39-28-15-14-24(49-2)20-29(28)43(47)48)21-30(26)52-36(32)41(34(46)35(42)50-22-44)19-16-23-10-5-4-6-11-23/h4-8,10-15,20,22,26,30,33,35H,3,9,16-19,21H2,1-2H3,(H,39,51). The van der Waals surface area contributed by atoms with Crippen molar-refractivity contribution < 1.29 is 28.8 Å². The van der Waals surface area contributed by atoms with Crippen LogP contribution in [0.15, 0.2) is 83.4 Å². The molecule has 4 unspecified atom stereocenters. The van der Waals surface area contributed by atoms with E-state index in [9.17, 15) is 24.5 Å². The van der Waals surface area contributed by atoms with Gasteiger partial charge in [0.05, 0.1) is 29.2 Å². The highest BCUT2D eigenvalue weighted by Gasteiger charge is 2.53. The molecule has 0 saturated carbocycles. The SMILES string of the molecule is CCCC(=O)N1C(OC=O)C(=O)N(CCc2ccccc2)C2=C(C3CCN(C(=S)Nc4ccc(OC)cc4[N+](=O)[O-])CC3S2)C1c1ccccc1Cl. The summed E-state index contributed by atoms with van der Waals surface area (Å²) in [5.74, 6) is -0.608. The van der Waals surface area contributed by atoms with Crippen LogP contribution in [0, 0.1) is 16.0 Å². The van der Waals surface area contributed by atoms with Crippen molar-refractivity contribution in [1.29, 1.82) is 0 Å². The van der Waals surface area contributed by atoms with Crippen LogP contribution in [-0.4, -0.2) is 81.2 Å². The number of nitrogens with zero attached hydrogens (tertiary/aromatic N) is 4. The Balaban J connectivity index is 1.40. The lowest BCUT2D eigenvalue weighted by Crippen LogP contribution is -2.53. The molecule has 3 aliphatic rings. The minimum atomic E-state index is -1.50. The number of likely N-dealkylation sites (tertiary alicyclic amines) is 1. The molecule has 1 N–H and O–H groups in total. The molecule has 1 fully saturated rings. The first-order valence-electron chi connectivity index (χ1n) is 17.0. The van der Waals surface area contributed by atoms with E-state index in [2.05, 4.69) is 5.32 Å². The number of ether oxygens (including phenoxy) is 2. The number of methoxy groups -OCH3 is 1. The van der Waals surface area contributed by atoms with Gasteiger partial charge in [-0.1, -0.05) is 67.1 Å². The quantitative estimate of drug-likeness (QED) is 0.0986. The second-order valence-corrected chi connectivity index (χ2v) is 14.6. The van der Waals surface area contributed by atoms with Crippen molar-refractivity contribution in [3.8, 4) is 5.75 Å². The maximum absolute atomic E-state index is 14.7. The van der Waals surface area contributed by atoms with E-state index in [4.69, 9.17) is 33.3 Å². The number of carbonyl (C=O) groups excluding carboxylic acids is 3. The number of carbonyl (C=O) groups is 3. The van der Waals surface area contributed by atoms with Crippen LogP contribution < -0.4 is 10.1 Å². The Labute approximate surface area is 316 Å². The summed E-state index contributed by atoms with van der Waals surface area (Å²) in [5.41, 5.74) is 2.60. The molecule has 6 rings (SSSR count). The molecule has 3 aromatic carbocycles. The van der Waals surface area contributed by atoms with Gasteiger partial charge in [-0.25, -0.2) is 0 Å². The number of hydrogen-bond donors (Lipinski definition) is 1. The fourth-order valence-electron chi connectivity index (χ4n) is 7.12. The van der Waals surface area contributed by atoms with Gasteiger partial charge >= 0.3 is 0 Å². The zero-order valence-electron chi connectivity index (χ0n) is 28.6. The fourth-order valence-corrected chi connectivity index (χ4v) is 9.33. The van der Waals surface area contributed by atoms with E-state index in [0.29, 0.717) is 58.8 Å². The number of piperidine rings is 1. The minimum absolute atomic E-state index is 0.104. The molecule has 0 aromatic heterocycles. The van der Waals surface area contributed by atoms with Crippen LogP contribution in [-0.2, 0) is 25.5 Å². The van der Waals surface area contributed by atoms with E-state index in [1.807, 2.05) is 54.3 Å². The summed E-state index contributed by atoms with van der Waals surface area (Å²) >= 11 is 14.2. The number of nitro benzene ring substituents is 1. The molecule has 0 spiro atoms. The summed E-state index contributed by atoms with van der Waals surface area (Å²) in [7, 11) is 1.44. The Morgan fingerprint density at radius 2 is 1.90 bits per heavy atom. The van der Waals surface area contributed by atoms with Gasteiger partial charge in [0.15, 0.2) is 5.11 Å². The van der Waals surface area contributed by atoms with Crippen LogP contribution in [0.25, 0.3) is 0 Å². The third-order valence-corrected chi connectivity index (χ3v) is 11.7. The molecule has 15 heteroatoms. The summed E-state index contributed by atoms with van der Waals surface area (Å²) in [6.07, 6.45) is 0.262. The van der Waals surface area contributed by atoms with Gasteiger partial charge in [0.25, 0.3) is 24.3 Å². The van der Waals surface area contributed by atoms with Crippen LogP contribution in [0.5, 0.6) is 5.75 Å². The van der Waals surface area contributed by atoms with Crippen molar-refractivity contribution in [2.75, 3.05) is 32.1 Å². The predicted molar refractivity (Wildman–Crippen MR) is 203 cm³/mol. The van der Waals surface area contributed by atoms with E-state index in [0.717, 1.165) is 11.1 Å². The summed E-state index contributed by atoms with van der Waals surface area (Å²) in [4.78, 5) is 57.2. The molecule has 52 heavy (non-hydrogen) atoms. The Morgan fingerprint density at radius 1 is 1.15 bits per heavy atom. The lowest BCUT2D eigenvalue weighted by atomic mass is 9.82. The van der Waals surface area contributed by atoms with Crippen molar-refractivity contribution in [3.63, 3.8) is 0 Å². The monoisotopic (exact) mass is 763 g/mol. The molecule has 12 nitrogen and oxygen atoms in total. The topological polar surface area (TPSA) is 135 Å². The van der Waals surface area contributed by atoms with Gasteiger partial charge in [0.2, 0.25) is 5.91 Å². The molecule has 0 radical (unpaired) electrons. The molecule has 0 bridgehead atoms. The first kappa shape index (κ1) is 37.1. The third-order valence-electron chi connectivity index (χ3n) is 9.55. The van der Waals surface area contributed by atoms with E-state index < -0.39 is 23.1 Å². The first-order chi connectivity index (χ1) is 25.2. The number of halogens is 1. The number of benzene rings is 3. The van der Waals surface area contributed by atoms with Crippen molar-refractivity contribution in [1.82, 2.24) is 14.7 Å². The second kappa shape index (κ2) is 16.3. The van der Waals surface area contributed by atoms with Crippen molar-refractivity contribution in [2.24, 2.45) is 5.92 Å². The number of rotatable bonds is 11. The average molecular weight is 764 g/mol. The molecule has 272 valence electrons. The highest BCUT2D eigenvalue weighted by molar-refractivity contribution is 8.04. The Bertz CT molecular complexity index is 1900. The normalized spacial score (nSPS) is 21.2. The fraction of sp³-hybridized carbons (Fsp3) is 0.351. The Kier molecular flexibility index (Phi) is 11.7. The maximum Gasteiger partial charge on any atom is 0.296 e. The van der Waals surface area contributed by atoms with Gasteiger partial charge < -0.3 is 24.6 Å². The largest absolute Gasteiger partial charge is 0.496 e. The molecule has 3 heterocycles. The van der Waals surface area contributed by atoms with Crippen LogP contribution in [0.2, 0.25) is 5.02 Å². The first-order valence-corrected chi connectivity index (χ1v) is 18.6. The van der Waals surface area contributed by atoms with Gasteiger partial charge in [-0.2, -0.15) is 0 Å². The molecule has 2 amide bonds. The van der Waals surface area contributed by atoms with Crippen molar-refractivity contribution in [3.05, 3.63) is 110 Å². The second-order valence-electron chi connectivity index (χ2n) is 12.6. The van der Waals surface area contributed by atoms with E-state index in [1.54, 1.807) is 29.2 Å². The van der Waals surface area contributed by atoms with E-state index in [1.165, 1.54) is 29.8 Å². The van der Waals surface area contributed by atoms with Gasteiger partial charge in [-0.15, -0.1) is 11.8 Å². The number of thiocarbonyl (C=S) groups is 1. The molecular formula is C37H38ClN5O7S2. The number of anilines is 1. The van der Waals surface area contributed by atoms with Gasteiger partial charge in [0.1, 0.15) is 11.4 Å². The van der Waals surface area contributed by atoms with Crippen molar-refractivity contribution >= 4 is 70.4 Å². The highest BCUT2D eigenvalue weighted by Crippen LogP contribution is 2.55. The predicted octanol–water partition coefficient (Wildman–Crippen LogP) is 6.56. The summed E-state index contributed by atoms with van der Waals surface area (Å²) in [6.45, 7) is 3.34. The lowest BCUT2D eigenvalue weighted by Gasteiger charge is -2.41. The highest BCUT2D eigenvalue weighted by atomic mass is 35.5. The van der Waals surface area contributed by atoms with Crippen molar-refractivity contribution in [2.45, 2.75) is 50.1 Å². The molecule has 3 aliphatic heterocycles. The molecule has 4 atom stereocenters. The van der Waals surface area contributed by atoms with Gasteiger partial charge in [0, 0.05) is 42.2 Å². The zero-order chi connectivity index (χ0) is 36.9. The van der Waals surface area contributed by atoms with Crippen LogP contribution in [0.1, 0.15) is 43.4 Å². The van der Waals surface area contributed by atoms with Crippen LogP contribution in [0.3, 0.4) is 0 Å². The summed E-state index contributed by atoms with van der Waals surface area (Å²) < 4.78 is 10.7. The third kappa shape index (κ3) is 7.46. The van der Waals surface area contributed by atoms with Crippen LogP contribution in [0.4, 0.5) is 11.4 Å². The smallest absolute Gasteiger partial charge is 0.296 e. The number of nitro groups is 1. The van der Waals surface area contributed by atoms with Crippen LogP contribution >= 0.6 is 35.6 Å². The maximum atomic E-state index is 14.7. The minimum Gasteiger partial charge on any atom is -0.496 e. The molecule has 1 saturated heterocycles. The number of amides is 2. The number of fused-ring (bicyclic) bond motifs is 2. The van der Waals surface area contributed by atoms with E-state index >= 15 is 0 Å². The molecule has 0 aliphatic carbocycles. The Hall–Kier alpha value is -4.66. The summed E-state index contributed by atoms with van der Waals surface area (Å²) in [5, 5.41) is 16.3.